The van der Waals surface area contributed by atoms with Crippen molar-refractivity contribution in [3.05, 3.63) is 69.5 Å². The molecule has 0 N–H and O–H groups in total. The molecule has 0 unspecified atom stereocenters. The monoisotopic (exact) mass is 352 g/mol. The van der Waals surface area contributed by atoms with Crippen LogP contribution in [0.15, 0.2) is 45.7 Å². The average Bonchev–Trinajstić information content (AvgIpc) is 3.32. The molecule has 6 heteroatoms. The summed E-state index contributed by atoms with van der Waals surface area (Å²) in [6.07, 6.45) is 2.14. The Kier molecular flexibility index (Phi) is 4.28. The Hall–Kier alpha value is -2.60. The van der Waals surface area contributed by atoms with Crippen LogP contribution in [0.2, 0.25) is 0 Å². The summed E-state index contributed by atoms with van der Waals surface area (Å²) < 4.78 is 9.18. The van der Waals surface area contributed by atoms with E-state index in [9.17, 15) is 4.79 Å². The predicted octanol–water partition coefficient (Wildman–Crippen LogP) is 3.12. The van der Waals surface area contributed by atoms with Gasteiger partial charge in [-0.2, -0.15) is 0 Å². The van der Waals surface area contributed by atoms with Gasteiger partial charge in [0.15, 0.2) is 5.76 Å². The van der Waals surface area contributed by atoms with Gasteiger partial charge in [0.2, 0.25) is 0 Å². The summed E-state index contributed by atoms with van der Waals surface area (Å²) in [6.45, 7) is 5.54. The van der Waals surface area contributed by atoms with E-state index in [0.717, 1.165) is 47.8 Å². The second-order valence-electron chi connectivity index (χ2n) is 7.04. The maximum absolute atomic E-state index is 13.1. The average molecular weight is 352 g/mol. The van der Waals surface area contributed by atoms with E-state index in [4.69, 9.17) is 4.52 Å². The van der Waals surface area contributed by atoms with Crippen LogP contribution >= 0.6 is 0 Å². The van der Waals surface area contributed by atoms with Crippen LogP contribution in [0, 0.1) is 13.8 Å². The summed E-state index contributed by atoms with van der Waals surface area (Å²) in [7, 11) is 1.94. The first-order valence-electron chi connectivity index (χ1n) is 9.06. The van der Waals surface area contributed by atoms with Crippen LogP contribution in [-0.2, 0) is 13.6 Å². The smallest absolute Gasteiger partial charge is 0.276 e. The molecule has 1 atom stereocenters. The molecule has 1 saturated heterocycles. The molecule has 3 heterocycles. The van der Waals surface area contributed by atoms with Gasteiger partial charge in [-0.1, -0.05) is 23.4 Å². The lowest BCUT2D eigenvalue weighted by Gasteiger charge is -2.21. The van der Waals surface area contributed by atoms with Crippen molar-refractivity contribution in [2.75, 3.05) is 6.54 Å². The van der Waals surface area contributed by atoms with Gasteiger partial charge in [-0.15, -0.1) is 0 Å². The van der Waals surface area contributed by atoms with Crippen molar-refractivity contribution in [2.45, 2.75) is 39.3 Å². The van der Waals surface area contributed by atoms with Crippen molar-refractivity contribution in [2.24, 2.45) is 7.05 Å². The molecule has 4 rings (SSSR count). The van der Waals surface area contributed by atoms with Gasteiger partial charge in [0.1, 0.15) is 0 Å². The number of aromatic nitrogens is 3. The lowest BCUT2D eigenvalue weighted by Crippen LogP contribution is -2.27. The molecule has 1 fully saturated rings. The summed E-state index contributed by atoms with van der Waals surface area (Å²) in [5.74, 6) is 0.900. The van der Waals surface area contributed by atoms with Gasteiger partial charge in [0, 0.05) is 25.4 Å². The van der Waals surface area contributed by atoms with E-state index < -0.39 is 0 Å². The molecule has 1 aromatic carbocycles. The molecule has 6 nitrogen and oxygen atoms in total. The fourth-order valence-corrected chi connectivity index (χ4v) is 3.89. The Morgan fingerprint density at radius 3 is 2.69 bits per heavy atom. The molecule has 136 valence electrons. The minimum atomic E-state index is 0.0515. The topological polar surface area (TPSA) is 56.2 Å². The van der Waals surface area contributed by atoms with E-state index in [1.807, 2.05) is 62.0 Å². The summed E-state index contributed by atoms with van der Waals surface area (Å²) in [4.78, 5) is 15.5. The maximum atomic E-state index is 13.1. The standard InChI is InChI=1S/C20H24N4O2/c1-14-12-19(26-21-14)18-10-7-11-23(18)13-17-15(2)22(3)24(20(17)25)16-8-5-4-6-9-16/h4-6,8-9,12,18H,7,10-11,13H2,1-3H3/t18-/m0/s1. The molecule has 0 amide bonds. The molecule has 3 aromatic rings. The highest BCUT2D eigenvalue weighted by molar-refractivity contribution is 5.33. The third kappa shape index (κ3) is 2.80. The van der Waals surface area contributed by atoms with E-state index in [1.54, 1.807) is 4.68 Å². The molecule has 0 bridgehead atoms. The quantitative estimate of drug-likeness (QED) is 0.724. The van der Waals surface area contributed by atoms with Crippen LogP contribution in [-0.4, -0.2) is 26.0 Å². The van der Waals surface area contributed by atoms with Gasteiger partial charge in [-0.3, -0.25) is 14.4 Å². The summed E-state index contributed by atoms with van der Waals surface area (Å²) >= 11 is 0. The van der Waals surface area contributed by atoms with Crippen LogP contribution in [0.4, 0.5) is 0 Å². The predicted molar refractivity (Wildman–Crippen MR) is 99.4 cm³/mol. The van der Waals surface area contributed by atoms with Crippen molar-refractivity contribution in [3.8, 4) is 5.69 Å². The minimum Gasteiger partial charge on any atom is -0.359 e. The Balaban J connectivity index is 1.68. The van der Waals surface area contributed by atoms with E-state index in [2.05, 4.69) is 10.1 Å². The largest absolute Gasteiger partial charge is 0.359 e. The molecule has 1 aliphatic heterocycles. The lowest BCUT2D eigenvalue weighted by atomic mass is 10.1. The summed E-state index contributed by atoms with van der Waals surface area (Å²) in [5, 5.41) is 4.02. The van der Waals surface area contributed by atoms with Gasteiger partial charge < -0.3 is 4.52 Å². The summed E-state index contributed by atoms with van der Waals surface area (Å²) in [6, 6.07) is 12.0. The zero-order chi connectivity index (χ0) is 18.3. The minimum absolute atomic E-state index is 0.0515. The van der Waals surface area contributed by atoms with Crippen molar-refractivity contribution < 1.29 is 4.52 Å². The van der Waals surface area contributed by atoms with Crippen LogP contribution in [0.5, 0.6) is 0 Å². The fraction of sp³-hybridized carbons (Fsp3) is 0.400. The van der Waals surface area contributed by atoms with E-state index >= 15 is 0 Å². The number of likely N-dealkylation sites (tertiary alicyclic amines) is 1. The van der Waals surface area contributed by atoms with Gasteiger partial charge in [0.25, 0.3) is 5.56 Å². The van der Waals surface area contributed by atoms with Crippen LogP contribution in [0.25, 0.3) is 5.69 Å². The first-order chi connectivity index (χ1) is 12.6. The number of aryl methyl sites for hydroxylation is 1. The zero-order valence-corrected chi connectivity index (χ0v) is 15.5. The third-order valence-corrected chi connectivity index (χ3v) is 5.37. The highest BCUT2D eigenvalue weighted by Crippen LogP contribution is 2.33. The normalized spacial score (nSPS) is 17.9. The lowest BCUT2D eigenvalue weighted by molar-refractivity contribution is 0.205. The molecule has 26 heavy (non-hydrogen) atoms. The Morgan fingerprint density at radius 1 is 1.23 bits per heavy atom. The second kappa shape index (κ2) is 6.61. The van der Waals surface area contributed by atoms with Crippen molar-refractivity contribution >= 4 is 0 Å². The van der Waals surface area contributed by atoms with E-state index in [-0.39, 0.29) is 11.6 Å². The molecular formula is C20H24N4O2. The number of rotatable bonds is 4. The third-order valence-electron chi connectivity index (χ3n) is 5.37. The molecule has 0 aliphatic carbocycles. The van der Waals surface area contributed by atoms with Crippen LogP contribution in [0.3, 0.4) is 0 Å². The van der Waals surface area contributed by atoms with E-state index in [0.29, 0.717) is 6.54 Å². The van der Waals surface area contributed by atoms with Gasteiger partial charge in [0.05, 0.1) is 23.0 Å². The van der Waals surface area contributed by atoms with Gasteiger partial charge in [-0.05, 0) is 45.4 Å². The highest BCUT2D eigenvalue weighted by Gasteiger charge is 2.31. The highest BCUT2D eigenvalue weighted by atomic mass is 16.5. The molecule has 0 saturated carbocycles. The maximum Gasteiger partial charge on any atom is 0.276 e. The number of hydrogen-bond donors (Lipinski definition) is 0. The fourth-order valence-electron chi connectivity index (χ4n) is 3.89. The first-order valence-corrected chi connectivity index (χ1v) is 9.06. The van der Waals surface area contributed by atoms with E-state index in [1.165, 1.54) is 0 Å². The molecule has 0 spiro atoms. The number of para-hydroxylation sites is 1. The Labute approximate surface area is 152 Å². The first kappa shape index (κ1) is 16.8. The number of nitrogens with zero attached hydrogens (tertiary/aromatic N) is 4. The van der Waals surface area contributed by atoms with Crippen LogP contribution < -0.4 is 5.56 Å². The molecule has 0 radical (unpaired) electrons. The number of hydrogen-bond acceptors (Lipinski definition) is 4. The summed E-state index contributed by atoms with van der Waals surface area (Å²) in [5.41, 5.74) is 3.68. The van der Waals surface area contributed by atoms with Gasteiger partial charge >= 0.3 is 0 Å². The van der Waals surface area contributed by atoms with Gasteiger partial charge in [-0.25, -0.2) is 4.68 Å². The molecular weight excluding hydrogens is 328 g/mol. The SMILES string of the molecule is Cc1cc([C@@H]2CCCN2Cc2c(C)n(C)n(-c3ccccc3)c2=O)on1. The van der Waals surface area contributed by atoms with Crippen molar-refractivity contribution in [3.63, 3.8) is 0 Å². The van der Waals surface area contributed by atoms with Crippen molar-refractivity contribution in [1.82, 2.24) is 19.4 Å². The molecule has 1 aliphatic rings. The van der Waals surface area contributed by atoms with Crippen molar-refractivity contribution in [1.29, 1.82) is 0 Å². The van der Waals surface area contributed by atoms with Crippen LogP contribution in [0.1, 0.15) is 41.6 Å². The Bertz CT molecular complexity index is 968. The Morgan fingerprint density at radius 2 is 2.00 bits per heavy atom. The molecule has 2 aromatic heterocycles. The second-order valence-corrected chi connectivity index (χ2v) is 7.04. The zero-order valence-electron chi connectivity index (χ0n) is 15.5. The number of benzene rings is 1.